The lowest BCUT2D eigenvalue weighted by molar-refractivity contribution is -0.115. The molecule has 0 saturated carbocycles. The number of nitrogens with one attached hydrogen (secondary N) is 2. The van der Waals surface area contributed by atoms with E-state index in [4.69, 9.17) is 0 Å². The van der Waals surface area contributed by atoms with Gasteiger partial charge in [-0.1, -0.05) is 45.0 Å². The number of carbonyl (C=O) groups excluding carboxylic acids is 1. The maximum atomic E-state index is 12.4. The van der Waals surface area contributed by atoms with Crippen LogP contribution < -0.4 is 5.32 Å². The molecule has 0 aliphatic heterocycles. The first kappa shape index (κ1) is 15.3. The highest BCUT2D eigenvalue weighted by atomic mass is 16.1. The monoisotopic (exact) mass is 306 g/mol. The molecule has 0 unspecified atom stereocenters. The van der Waals surface area contributed by atoms with Gasteiger partial charge in [0.2, 0.25) is 5.91 Å². The SMILES string of the molecule is CC(C)(C)c1ccccc1NC(=O)Cc1ccc2[nH]ccc2c1. The lowest BCUT2D eigenvalue weighted by Gasteiger charge is -2.23. The van der Waals surface area contributed by atoms with Crippen LogP contribution in [-0.2, 0) is 16.6 Å². The Morgan fingerprint density at radius 2 is 1.87 bits per heavy atom. The second-order valence-electron chi connectivity index (χ2n) is 6.92. The zero-order chi connectivity index (χ0) is 16.4. The summed E-state index contributed by atoms with van der Waals surface area (Å²) in [5.41, 5.74) is 4.14. The average molecular weight is 306 g/mol. The summed E-state index contributed by atoms with van der Waals surface area (Å²) in [5.74, 6) is 0.0107. The molecule has 3 aromatic rings. The lowest BCUT2D eigenvalue weighted by Crippen LogP contribution is -2.19. The molecule has 1 heterocycles. The number of carbonyl (C=O) groups is 1. The van der Waals surface area contributed by atoms with Crippen molar-refractivity contribution < 1.29 is 4.79 Å². The van der Waals surface area contributed by atoms with Gasteiger partial charge in [0.15, 0.2) is 0 Å². The second-order valence-corrected chi connectivity index (χ2v) is 6.92. The Hall–Kier alpha value is -2.55. The van der Waals surface area contributed by atoms with Crippen LogP contribution in [0.1, 0.15) is 31.9 Å². The van der Waals surface area contributed by atoms with Crippen molar-refractivity contribution in [2.75, 3.05) is 5.32 Å². The Labute approximate surface area is 136 Å². The molecular weight excluding hydrogens is 284 g/mol. The third-order valence-corrected chi connectivity index (χ3v) is 3.99. The number of hydrogen-bond donors (Lipinski definition) is 2. The summed E-state index contributed by atoms with van der Waals surface area (Å²) in [6.07, 6.45) is 2.29. The van der Waals surface area contributed by atoms with Crippen molar-refractivity contribution in [2.45, 2.75) is 32.6 Å². The maximum absolute atomic E-state index is 12.4. The highest BCUT2D eigenvalue weighted by molar-refractivity contribution is 5.94. The predicted molar refractivity (Wildman–Crippen MR) is 95.8 cm³/mol. The van der Waals surface area contributed by atoms with E-state index in [9.17, 15) is 4.79 Å². The highest BCUT2D eigenvalue weighted by Crippen LogP contribution is 2.29. The largest absolute Gasteiger partial charge is 0.361 e. The van der Waals surface area contributed by atoms with Gasteiger partial charge in [0.05, 0.1) is 6.42 Å². The van der Waals surface area contributed by atoms with Gasteiger partial charge in [-0.2, -0.15) is 0 Å². The zero-order valence-corrected chi connectivity index (χ0v) is 13.8. The van der Waals surface area contributed by atoms with Crippen LogP contribution in [0.2, 0.25) is 0 Å². The molecule has 0 saturated heterocycles. The Bertz CT molecular complexity index is 840. The van der Waals surface area contributed by atoms with Crippen molar-refractivity contribution in [3.63, 3.8) is 0 Å². The normalized spacial score (nSPS) is 11.6. The summed E-state index contributed by atoms with van der Waals surface area (Å²) in [5, 5.41) is 4.19. The molecule has 0 atom stereocenters. The van der Waals surface area contributed by atoms with Crippen LogP contribution >= 0.6 is 0 Å². The van der Waals surface area contributed by atoms with Gasteiger partial charge in [-0.3, -0.25) is 4.79 Å². The molecule has 1 amide bonds. The van der Waals surface area contributed by atoms with Crippen molar-refractivity contribution in [3.05, 3.63) is 65.9 Å². The van der Waals surface area contributed by atoms with Crippen molar-refractivity contribution >= 4 is 22.5 Å². The van der Waals surface area contributed by atoms with Gasteiger partial charge in [-0.25, -0.2) is 0 Å². The van der Waals surface area contributed by atoms with E-state index in [1.165, 1.54) is 0 Å². The number of H-pyrrole nitrogens is 1. The fourth-order valence-electron chi connectivity index (χ4n) is 2.84. The zero-order valence-electron chi connectivity index (χ0n) is 13.8. The Kier molecular flexibility index (Phi) is 3.95. The summed E-state index contributed by atoms with van der Waals surface area (Å²) in [7, 11) is 0. The summed E-state index contributed by atoms with van der Waals surface area (Å²) in [6.45, 7) is 6.45. The van der Waals surface area contributed by atoms with E-state index < -0.39 is 0 Å². The van der Waals surface area contributed by atoms with Gasteiger partial charge < -0.3 is 10.3 Å². The maximum Gasteiger partial charge on any atom is 0.228 e. The minimum Gasteiger partial charge on any atom is -0.361 e. The number of aromatic nitrogens is 1. The number of rotatable bonds is 3. The van der Waals surface area contributed by atoms with Gasteiger partial charge in [0, 0.05) is 17.4 Å². The summed E-state index contributed by atoms with van der Waals surface area (Å²) >= 11 is 0. The first-order valence-electron chi connectivity index (χ1n) is 7.89. The fraction of sp³-hybridized carbons (Fsp3) is 0.250. The lowest BCUT2D eigenvalue weighted by atomic mass is 9.86. The number of benzene rings is 2. The molecule has 2 N–H and O–H groups in total. The molecule has 23 heavy (non-hydrogen) atoms. The van der Waals surface area contributed by atoms with E-state index >= 15 is 0 Å². The van der Waals surface area contributed by atoms with E-state index in [-0.39, 0.29) is 11.3 Å². The van der Waals surface area contributed by atoms with Gasteiger partial charge in [0.25, 0.3) is 0 Å². The van der Waals surface area contributed by atoms with Crippen molar-refractivity contribution in [3.8, 4) is 0 Å². The Morgan fingerprint density at radius 1 is 1.09 bits per heavy atom. The van der Waals surface area contributed by atoms with Crippen LogP contribution in [0.4, 0.5) is 5.69 Å². The molecule has 2 aromatic carbocycles. The molecule has 0 radical (unpaired) electrons. The van der Waals surface area contributed by atoms with E-state index in [0.29, 0.717) is 6.42 Å². The minimum atomic E-state index is -0.00604. The van der Waals surface area contributed by atoms with Gasteiger partial charge in [-0.05, 0) is 46.2 Å². The molecule has 3 nitrogen and oxygen atoms in total. The number of aromatic amines is 1. The third-order valence-electron chi connectivity index (χ3n) is 3.99. The van der Waals surface area contributed by atoms with Crippen LogP contribution in [0, 0.1) is 0 Å². The van der Waals surface area contributed by atoms with Crippen LogP contribution in [-0.4, -0.2) is 10.9 Å². The number of hydrogen-bond acceptors (Lipinski definition) is 1. The molecule has 0 spiro atoms. The summed E-state index contributed by atoms with van der Waals surface area (Å²) < 4.78 is 0. The number of para-hydroxylation sites is 1. The van der Waals surface area contributed by atoms with Crippen LogP contribution in [0.15, 0.2) is 54.7 Å². The molecule has 3 heteroatoms. The molecule has 3 rings (SSSR count). The Morgan fingerprint density at radius 3 is 2.65 bits per heavy atom. The van der Waals surface area contributed by atoms with Crippen LogP contribution in [0.25, 0.3) is 10.9 Å². The van der Waals surface area contributed by atoms with Crippen LogP contribution in [0.3, 0.4) is 0 Å². The van der Waals surface area contributed by atoms with Crippen LogP contribution in [0.5, 0.6) is 0 Å². The van der Waals surface area contributed by atoms with E-state index in [2.05, 4.69) is 43.2 Å². The molecule has 0 aliphatic carbocycles. The number of anilines is 1. The smallest absolute Gasteiger partial charge is 0.228 e. The first-order chi connectivity index (χ1) is 10.9. The van der Waals surface area contributed by atoms with Gasteiger partial charge >= 0.3 is 0 Å². The summed E-state index contributed by atoms with van der Waals surface area (Å²) in [4.78, 5) is 15.6. The predicted octanol–water partition coefficient (Wildman–Crippen LogP) is 4.65. The highest BCUT2D eigenvalue weighted by Gasteiger charge is 2.18. The average Bonchev–Trinajstić information content (AvgIpc) is 2.94. The molecule has 0 aliphatic rings. The van der Waals surface area contributed by atoms with Crippen molar-refractivity contribution in [1.29, 1.82) is 0 Å². The van der Waals surface area contributed by atoms with E-state index in [0.717, 1.165) is 27.7 Å². The fourth-order valence-corrected chi connectivity index (χ4v) is 2.84. The second kappa shape index (κ2) is 5.92. The Balaban J connectivity index is 1.77. The molecule has 0 bridgehead atoms. The topological polar surface area (TPSA) is 44.9 Å². The van der Waals surface area contributed by atoms with Crippen molar-refractivity contribution in [2.24, 2.45) is 0 Å². The standard InChI is InChI=1S/C20H22N2O/c1-20(2,3)16-6-4-5-7-18(16)22-19(23)13-14-8-9-17-15(12-14)10-11-21-17/h4-12,21H,13H2,1-3H3,(H,22,23). The molecular formula is C20H22N2O. The quantitative estimate of drug-likeness (QED) is 0.727. The minimum absolute atomic E-state index is 0.00604. The first-order valence-corrected chi connectivity index (χ1v) is 7.89. The molecule has 118 valence electrons. The van der Waals surface area contributed by atoms with E-state index in [1.54, 1.807) is 0 Å². The number of amides is 1. The van der Waals surface area contributed by atoms with Gasteiger partial charge in [0.1, 0.15) is 0 Å². The third kappa shape index (κ3) is 3.45. The molecule has 1 aromatic heterocycles. The van der Waals surface area contributed by atoms with Crippen molar-refractivity contribution in [1.82, 2.24) is 4.98 Å². The number of fused-ring (bicyclic) bond motifs is 1. The van der Waals surface area contributed by atoms with Gasteiger partial charge in [-0.15, -0.1) is 0 Å². The van der Waals surface area contributed by atoms with E-state index in [1.807, 2.05) is 42.6 Å². The molecule has 0 fully saturated rings. The summed E-state index contributed by atoms with van der Waals surface area (Å²) in [6, 6.07) is 16.1.